The van der Waals surface area contributed by atoms with E-state index in [2.05, 4.69) is 41.4 Å². The van der Waals surface area contributed by atoms with Crippen molar-refractivity contribution in [3.05, 3.63) is 75.5 Å². The number of hydrogen-bond donors (Lipinski definition) is 1. The zero-order chi connectivity index (χ0) is 23.6. The Kier molecular flexibility index (Phi) is 9.15. The number of aryl methyl sites for hydroxylation is 1. The van der Waals surface area contributed by atoms with Gasteiger partial charge in [0.25, 0.3) is 0 Å². The van der Waals surface area contributed by atoms with E-state index in [1.807, 2.05) is 24.3 Å². The molecule has 0 atom stereocenters. The van der Waals surface area contributed by atoms with Crippen molar-refractivity contribution in [2.45, 2.75) is 26.4 Å². The average molecular weight is 469 g/mol. The van der Waals surface area contributed by atoms with Gasteiger partial charge in [-0.1, -0.05) is 30.3 Å². The van der Waals surface area contributed by atoms with Gasteiger partial charge in [0.2, 0.25) is 5.91 Å². The van der Waals surface area contributed by atoms with E-state index in [0.29, 0.717) is 30.3 Å². The number of benzene rings is 2. The first-order valence-corrected chi connectivity index (χ1v) is 11.7. The summed E-state index contributed by atoms with van der Waals surface area (Å²) in [6.45, 7) is 4.31. The molecule has 1 aromatic heterocycles. The fraction of sp³-hybridized carbons (Fsp3) is 0.346. The lowest BCUT2D eigenvalue weighted by Crippen LogP contribution is -2.37. The number of hydrogen-bond acceptors (Lipinski definition) is 6. The number of nitrogens with one attached hydrogen (secondary N) is 1. The Bertz CT molecular complexity index is 1040. The number of rotatable bonds is 12. The van der Waals surface area contributed by atoms with Crippen LogP contribution in [0, 0.1) is 6.92 Å². The molecule has 1 N–H and O–H groups in total. The number of nitrogens with zero attached hydrogens (tertiary/aromatic N) is 1. The van der Waals surface area contributed by atoms with E-state index in [4.69, 9.17) is 14.2 Å². The Morgan fingerprint density at radius 1 is 0.939 bits per heavy atom. The summed E-state index contributed by atoms with van der Waals surface area (Å²) >= 11 is 1.77. The van der Waals surface area contributed by atoms with Crippen LogP contribution in [0.2, 0.25) is 0 Å². The molecule has 2 aromatic carbocycles. The third-order valence-electron chi connectivity index (χ3n) is 5.36. The van der Waals surface area contributed by atoms with E-state index >= 15 is 0 Å². The number of thiophene rings is 1. The van der Waals surface area contributed by atoms with Gasteiger partial charge in [0.05, 0.1) is 27.9 Å². The molecule has 7 heteroatoms. The van der Waals surface area contributed by atoms with Gasteiger partial charge in [-0.25, -0.2) is 0 Å². The van der Waals surface area contributed by atoms with Crippen molar-refractivity contribution in [1.29, 1.82) is 0 Å². The molecule has 0 fully saturated rings. The molecule has 0 aliphatic rings. The molecular weight excluding hydrogens is 436 g/mol. The van der Waals surface area contributed by atoms with Gasteiger partial charge >= 0.3 is 0 Å². The minimum absolute atomic E-state index is 0.0341. The first-order chi connectivity index (χ1) is 16.0. The van der Waals surface area contributed by atoms with Crippen LogP contribution >= 0.6 is 11.3 Å². The molecule has 0 saturated heterocycles. The second-order valence-electron chi connectivity index (χ2n) is 7.75. The van der Waals surface area contributed by atoms with E-state index in [1.165, 1.54) is 15.3 Å². The highest BCUT2D eigenvalue weighted by Gasteiger charge is 2.15. The van der Waals surface area contributed by atoms with Gasteiger partial charge in [-0.2, -0.15) is 0 Å². The lowest BCUT2D eigenvalue weighted by molar-refractivity contribution is -0.122. The molecule has 3 aromatic rings. The summed E-state index contributed by atoms with van der Waals surface area (Å²) in [5.74, 6) is 1.79. The molecule has 0 radical (unpaired) electrons. The number of ether oxygens (including phenoxy) is 3. The topological polar surface area (TPSA) is 60.0 Å². The Balaban J connectivity index is 1.64. The molecule has 33 heavy (non-hydrogen) atoms. The molecule has 0 aliphatic heterocycles. The van der Waals surface area contributed by atoms with Gasteiger partial charge in [0.1, 0.15) is 5.75 Å². The summed E-state index contributed by atoms with van der Waals surface area (Å²) < 4.78 is 16.2. The monoisotopic (exact) mass is 468 g/mol. The highest BCUT2D eigenvalue weighted by Crippen LogP contribution is 2.34. The zero-order valence-electron chi connectivity index (χ0n) is 19.7. The molecule has 0 unspecified atom stereocenters. The Labute approximate surface area is 200 Å². The molecule has 1 heterocycles. The van der Waals surface area contributed by atoms with Crippen LogP contribution in [0.1, 0.15) is 20.9 Å². The Morgan fingerprint density at radius 2 is 1.64 bits per heavy atom. The van der Waals surface area contributed by atoms with Crippen molar-refractivity contribution in [2.24, 2.45) is 0 Å². The minimum Gasteiger partial charge on any atom is -0.496 e. The van der Waals surface area contributed by atoms with Gasteiger partial charge in [-0.3, -0.25) is 9.69 Å². The number of methoxy groups -OCH3 is 3. The molecule has 0 saturated carbocycles. The fourth-order valence-corrected chi connectivity index (χ4v) is 4.55. The van der Waals surface area contributed by atoms with Crippen LogP contribution in [0.3, 0.4) is 0 Å². The lowest BCUT2D eigenvalue weighted by Gasteiger charge is -2.21. The summed E-state index contributed by atoms with van der Waals surface area (Å²) in [6, 6.07) is 18.2. The average Bonchev–Trinajstić information content (AvgIpc) is 3.25. The molecule has 0 spiro atoms. The standard InChI is InChI=1S/C26H32N2O4S/c1-19-10-11-22(33-19)17-28(13-12-20-8-6-5-7-9-20)18-26(29)27-16-21-14-24(31-3)25(32-4)15-23(21)30-2/h5-11,14-15H,12-13,16-18H2,1-4H3,(H,27,29). The normalized spacial score (nSPS) is 10.8. The van der Waals surface area contributed by atoms with Gasteiger partial charge in [0, 0.05) is 41.0 Å². The smallest absolute Gasteiger partial charge is 0.234 e. The van der Waals surface area contributed by atoms with E-state index in [-0.39, 0.29) is 5.91 Å². The van der Waals surface area contributed by atoms with Crippen molar-refractivity contribution in [3.8, 4) is 17.2 Å². The fourth-order valence-electron chi connectivity index (χ4n) is 3.62. The Hall–Kier alpha value is -3.03. The van der Waals surface area contributed by atoms with Crippen LogP contribution in [0.4, 0.5) is 0 Å². The van der Waals surface area contributed by atoms with E-state index < -0.39 is 0 Å². The Morgan fingerprint density at radius 3 is 2.27 bits per heavy atom. The maximum atomic E-state index is 12.9. The van der Waals surface area contributed by atoms with Crippen LogP contribution < -0.4 is 19.5 Å². The minimum atomic E-state index is -0.0341. The molecule has 1 amide bonds. The van der Waals surface area contributed by atoms with E-state index in [9.17, 15) is 4.79 Å². The first-order valence-electron chi connectivity index (χ1n) is 10.9. The van der Waals surface area contributed by atoms with Crippen molar-refractivity contribution >= 4 is 17.2 Å². The van der Waals surface area contributed by atoms with E-state index in [0.717, 1.165) is 25.1 Å². The molecule has 0 aliphatic carbocycles. The van der Waals surface area contributed by atoms with Crippen LogP contribution in [0.15, 0.2) is 54.6 Å². The van der Waals surface area contributed by atoms with Crippen molar-refractivity contribution in [2.75, 3.05) is 34.4 Å². The van der Waals surface area contributed by atoms with Gasteiger partial charge < -0.3 is 19.5 Å². The third-order valence-corrected chi connectivity index (χ3v) is 6.35. The summed E-state index contributed by atoms with van der Waals surface area (Å²) in [5, 5.41) is 3.03. The number of carbonyl (C=O) groups excluding carboxylic acids is 1. The molecule has 176 valence electrons. The first kappa shape index (κ1) is 24.6. The predicted octanol–water partition coefficient (Wildman–Crippen LogP) is 4.44. The third kappa shape index (κ3) is 7.23. The van der Waals surface area contributed by atoms with E-state index in [1.54, 1.807) is 38.7 Å². The number of amides is 1. The van der Waals surface area contributed by atoms with Crippen molar-refractivity contribution < 1.29 is 19.0 Å². The highest BCUT2D eigenvalue weighted by molar-refractivity contribution is 7.11. The molecular formula is C26H32N2O4S. The van der Waals surface area contributed by atoms with Crippen LogP contribution in [-0.2, 0) is 24.3 Å². The summed E-state index contributed by atoms with van der Waals surface area (Å²) in [6.07, 6.45) is 0.891. The molecule has 3 rings (SSSR count). The lowest BCUT2D eigenvalue weighted by atomic mass is 10.1. The van der Waals surface area contributed by atoms with Gasteiger partial charge in [-0.15, -0.1) is 11.3 Å². The van der Waals surface area contributed by atoms with Crippen molar-refractivity contribution in [3.63, 3.8) is 0 Å². The summed E-state index contributed by atoms with van der Waals surface area (Å²) in [5.41, 5.74) is 2.09. The van der Waals surface area contributed by atoms with Gasteiger partial charge in [0.15, 0.2) is 11.5 Å². The maximum absolute atomic E-state index is 12.9. The van der Waals surface area contributed by atoms with Crippen LogP contribution in [0.5, 0.6) is 17.2 Å². The second-order valence-corrected chi connectivity index (χ2v) is 9.13. The molecule has 0 bridgehead atoms. The quantitative estimate of drug-likeness (QED) is 0.426. The summed E-state index contributed by atoms with van der Waals surface area (Å²) in [7, 11) is 4.77. The largest absolute Gasteiger partial charge is 0.496 e. The zero-order valence-corrected chi connectivity index (χ0v) is 20.5. The highest BCUT2D eigenvalue weighted by atomic mass is 32.1. The number of carbonyl (C=O) groups is 1. The summed E-state index contributed by atoms with van der Waals surface area (Å²) in [4.78, 5) is 17.6. The maximum Gasteiger partial charge on any atom is 0.234 e. The SMILES string of the molecule is COc1cc(OC)c(OC)cc1CNC(=O)CN(CCc1ccccc1)Cc1ccc(C)s1. The van der Waals surface area contributed by atoms with Crippen LogP contribution in [-0.4, -0.2) is 45.2 Å². The van der Waals surface area contributed by atoms with Crippen molar-refractivity contribution in [1.82, 2.24) is 10.2 Å². The second kappa shape index (κ2) is 12.3. The van der Waals surface area contributed by atoms with Gasteiger partial charge in [-0.05, 0) is 37.1 Å². The predicted molar refractivity (Wildman–Crippen MR) is 132 cm³/mol. The molecule has 6 nitrogen and oxygen atoms in total. The van der Waals surface area contributed by atoms with Crippen LogP contribution in [0.25, 0.3) is 0 Å².